The van der Waals surface area contributed by atoms with Gasteiger partial charge >= 0.3 is 0 Å². The normalized spacial score (nSPS) is 13.1. The Bertz CT molecular complexity index is 629. The molecule has 0 fully saturated rings. The van der Waals surface area contributed by atoms with Gasteiger partial charge in [0.2, 0.25) is 0 Å². The highest BCUT2D eigenvalue weighted by Gasteiger charge is 2.22. The van der Waals surface area contributed by atoms with Crippen LogP contribution in [0.5, 0.6) is 0 Å². The Labute approximate surface area is 100 Å². The Morgan fingerprint density at radius 3 is 2.65 bits per heavy atom. The number of fused-ring (bicyclic) bond motifs is 2. The first-order valence-corrected chi connectivity index (χ1v) is 5.68. The van der Waals surface area contributed by atoms with Crippen molar-refractivity contribution < 1.29 is 4.79 Å². The predicted molar refractivity (Wildman–Crippen MR) is 68.3 cm³/mol. The maximum Gasteiger partial charge on any atom is 0.193 e. The molecule has 0 atom stereocenters. The zero-order chi connectivity index (χ0) is 12.0. The fraction of sp³-hybridized carbons (Fsp3) is 0.133. The summed E-state index contributed by atoms with van der Waals surface area (Å²) in [5, 5.41) is 0. The first-order chi connectivity index (χ1) is 8.15. The van der Waals surface area contributed by atoms with E-state index in [2.05, 4.69) is 0 Å². The van der Waals surface area contributed by atoms with Crippen LogP contribution < -0.4 is 5.73 Å². The molecule has 17 heavy (non-hydrogen) atoms. The molecular weight excluding hydrogens is 210 g/mol. The molecule has 2 heteroatoms. The Balaban J connectivity index is 2.21. The molecule has 2 N–H and O–H groups in total. The molecule has 2 aromatic rings. The van der Waals surface area contributed by atoms with Crippen LogP contribution in [0.1, 0.15) is 32.6 Å². The number of hydrogen-bond acceptors (Lipinski definition) is 2. The van der Waals surface area contributed by atoms with Crippen LogP contribution in [0.3, 0.4) is 0 Å². The maximum absolute atomic E-state index is 12.3. The second-order valence-electron chi connectivity index (χ2n) is 4.58. The summed E-state index contributed by atoms with van der Waals surface area (Å²) in [6.07, 6.45) is 0.793. The van der Waals surface area contributed by atoms with Gasteiger partial charge in [-0.1, -0.05) is 17.7 Å². The molecule has 2 aromatic carbocycles. The summed E-state index contributed by atoms with van der Waals surface area (Å²) < 4.78 is 0. The molecule has 0 heterocycles. The lowest BCUT2D eigenvalue weighted by molar-refractivity contribution is 0.103. The quantitative estimate of drug-likeness (QED) is 0.595. The van der Waals surface area contributed by atoms with Gasteiger partial charge in [0, 0.05) is 16.8 Å². The summed E-state index contributed by atoms with van der Waals surface area (Å²) in [7, 11) is 0. The average Bonchev–Trinajstić information content (AvgIpc) is 2.30. The average molecular weight is 223 g/mol. The lowest BCUT2D eigenvalue weighted by atomic mass is 9.84. The second-order valence-corrected chi connectivity index (χ2v) is 4.58. The van der Waals surface area contributed by atoms with Crippen LogP contribution in [-0.2, 0) is 6.42 Å². The number of carbonyl (C=O) groups is 1. The molecule has 0 saturated carbocycles. The first-order valence-electron chi connectivity index (χ1n) is 5.68. The lowest BCUT2D eigenvalue weighted by Crippen LogP contribution is -2.15. The monoisotopic (exact) mass is 223 g/mol. The van der Waals surface area contributed by atoms with Crippen molar-refractivity contribution in [1.29, 1.82) is 0 Å². The van der Waals surface area contributed by atoms with Gasteiger partial charge in [0.15, 0.2) is 5.78 Å². The standard InChI is InChI=1S/C15H13NO/c1-9-2-3-10-7-11-8-12(16)4-5-13(11)15(17)14(10)6-9/h2-6,8H,7,16H2,1H3. The lowest BCUT2D eigenvalue weighted by Gasteiger charge is -2.19. The Morgan fingerprint density at radius 1 is 1.00 bits per heavy atom. The van der Waals surface area contributed by atoms with Crippen LogP contribution in [0.15, 0.2) is 36.4 Å². The summed E-state index contributed by atoms with van der Waals surface area (Å²) in [5.74, 6) is 0.116. The molecule has 1 aliphatic carbocycles. The first kappa shape index (κ1) is 10.1. The van der Waals surface area contributed by atoms with Gasteiger partial charge in [-0.3, -0.25) is 4.79 Å². The van der Waals surface area contributed by atoms with E-state index >= 15 is 0 Å². The molecular formula is C15H13NO. The van der Waals surface area contributed by atoms with Crippen molar-refractivity contribution in [2.45, 2.75) is 13.3 Å². The van der Waals surface area contributed by atoms with Crippen LogP contribution in [0, 0.1) is 6.92 Å². The summed E-state index contributed by atoms with van der Waals surface area (Å²) in [6, 6.07) is 11.6. The minimum absolute atomic E-state index is 0.116. The molecule has 0 amide bonds. The molecule has 0 unspecified atom stereocenters. The molecule has 0 spiro atoms. The summed E-state index contributed by atoms with van der Waals surface area (Å²) in [5.41, 5.74) is 11.4. The molecule has 1 aliphatic rings. The number of anilines is 1. The number of nitrogen functional groups attached to an aromatic ring is 1. The van der Waals surface area contributed by atoms with Crippen molar-refractivity contribution >= 4 is 11.5 Å². The van der Waals surface area contributed by atoms with Gasteiger partial charge in [0.1, 0.15) is 0 Å². The van der Waals surface area contributed by atoms with E-state index in [1.807, 2.05) is 37.3 Å². The molecule has 84 valence electrons. The van der Waals surface area contributed by atoms with Gasteiger partial charge in [-0.15, -0.1) is 0 Å². The number of rotatable bonds is 0. The van der Waals surface area contributed by atoms with Gasteiger partial charge in [-0.05, 0) is 48.7 Å². The fourth-order valence-corrected chi connectivity index (χ4v) is 2.39. The molecule has 0 saturated heterocycles. The van der Waals surface area contributed by atoms with Crippen LogP contribution in [0.4, 0.5) is 5.69 Å². The minimum atomic E-state index is 0.116. The van der Waals surface area contributed by atoms with Crippen LogP contribution in [0.25, 0.3) is 0 Å². The van der Waals surface area contributed by atoms with Gasteiger partial charge in [0.05, 0.1) is 0 Å². The smallest absolute Gasteiger partial charge is 0.193 e. The molecule has 0 aromatic heterocycles. The van der Waals surface area contributed by atoms with E-state index in [1.165, 1.54) is 0 Å². The Hall–Kier alpha value is -2.09. The number of ketones is 1. The van der Waals surface area contributed by atoms with E-state index < -0.39 is 0 Å². The van der Waals surface area contributed by atoms with Crippen molar-refractivity contribution in [3.8, 4) is 0 Å². The van der Waals surface area contributed by atoms with Gasteiger partial charge in [-0.25, -0.2) is 0 Å². The fourth-order valence-electron chi connectivity index (χ4n) is 2.39. The zero-order valence-corrected chi connectivity index (χ0v) is 9.66. The van der Waals surface area contributed by atoms with Crippen LogP contribution >= 0.6 is 0 Å². The van der Waals surface area contributed by atoms with Crippen molar-refractivity contribution in [2.24, 2.45) is 0 Å². The number of nitrogens with two attached hydrogens (primary N) is 1. The van der Waals surface area contributed by atoms with E-state index in [4.69, 9.17) is 5.73 Å². The Kier molecular flexibility index (Phi) is 2.05. The van der Waals surface area contributed by atoms with E-state index in [1.54, 1.807) is 6.07 Å². The van der Waals surface area contributed by atoms with Crippen LogP contribution in [0.2, 0.25) is 0 Å². The van der Waals surface area contributed by atoms with Crippen molar-refractivity contribution in [3.63, 3.8) is 0 Å². The summed E-state index contributed by atoms with van der Waals surface area (Å²) in [6.45, 7) is 2.01. The van der Waals surface area contributed by atoms with Gasteiger partial charge in [0.25, 0.3) is 0 Å². The predicted octanol–water partition coefficient (Wildman–Crippen LogP) is 2.71. The second kappa shape index (κ2) is 3.45. The van der Waals surface area contributed by atoms with E-state index in [-0.39, 0.29) is 5.78 Å². The van der Waals surface area contributed by atoms with E-state index in [0.29, 0.717) is 5.69 Å². The summed E-state index contributed by atoms with van der Waals surface area (Å²) >= 11 is 0. The maximum atomic E-state index is 12.3. The number of aryl methyl sites for hydroxylation is 1. The highest BCUT2D eigenvalue weighted by atomic mass is 16.1. The molecule has 2 nitrogen and oxygen atoms in total. The third-order valence-electron chi connectivity index (χ3n) is 3.26. The third-order valence-corrected chi connectivity index (χ3v) is 3.26. The Morgan fingerprint density at radius 2 is 1.82 bits per heavy atom. The minimum Gasteiger partial charge on any atom is -0.399 e. The van der Waals surface area contributed by atoms with Crippen molar-refractivity contribution in [2.75, 3.05) is 5.73 Å². The van der Waals surface area contributed by atoms with Crippen LogP contribution in [-0.4, -0.2) is 5.78 Å². The third kappa shape index (κ3) is 1.53. The molecule has 0 bridgehead atoms. The largest absolute Gasteiger partial charge is 0.399 e. The molecule has 3 rings (SSSR count). The highest BCUT2D eigenvalue weighted by molar-refractivity contribution is 6.12. The van der Waals surface area contributed by atoms with E-state index in [9.17, 15) is 4.79 Å². The highest BCUT2D eigenvalue weighted by Crippen LogP contribution is 2.28. The van der Waals surface area contributed by atoms with Crippen molar-refractivity contribution in [3.05, 3.63) is 64.2 Å². The number of hydrogen-bond donors (Lipinski definition) is 1. The number of benzene rings is 2. The number of carbonyl (C=O) groups excluding carboxylic acids is 1. The molecule has 0 radical (unpaired) electrons. The molecule has 0 aliphatic heterocycles. The van der Waals surface area contributed by atoms with E-state index in [0.717, 1.165) is 34.2 Å². The van der Waals surface area contributed by atoms with Gasteiger partial charge < -0.3 is 5.73 Å². The SMILES string of the molecule is Cc1ccc2c(c1)C(=O)c1ccc(N)cc1C2. The van der Waals surface area contributed by atoms with Crippen molar-refractivity contribution in [1.82, 2.24) is 0 Å². The van der Waals surface area contributed by atoms with Gasteiger partial charge in [-0.2, -0.15) is 0 Å². The summed E-state index contributed by atoms with van der Waals surface area (Å²) in [4.78, 5) is 12.3. The topological polar surface area (TPSA) is 43.1 Å². The zero-order valence-electron chi connectivity index (χ0n) is 9.66.